The van der Waals surface area contributed by atoms with E-state index in [9.17, 15) is 4.39 Å². The third-order valence-electron chi connectivity index (χ3n) is 3.79. The van der Waals surface area contributed by atoms with E-state index in [1.54, 1.807) is 12.4 Å². The molecule has 0 N–H and O–H groups in total. The van der Waals surface area contributed by atoms with Gasteiger partial charge in [0.2, 0.25) is 5.88 Å². The summed E-state index contributed by atoms with van der Waals surface area (Å²) in [6, 6.07) is 9.21. The summed E-state index contributed by atoms with van der Waals surface area (Å²) in [5.74, 6) is 0.499. The van der Waals surface area contributed by atoms with E-state index in [1.165, 1.54) is 6.92 Å². The van der Waals surface area contributed by atoms with Crippen molar-refractivity contribution in [3.8, 4) is 5.88 Å². The quantitative estimate of drug-likeness (QED) is 0.457. The van der Waals surface area contributed by atoms with Crippen molar-refractivity contribution in [2.45, 2.75) is 33.5 Å². The molecule has 2 aromatic rings. The lowest BCUT2D eigenvalue weighted by Gasteiger charge is -2.12. The fourth-order valence-electron chi connectivity index (χ4n) is 2.11. The van der Waals surface area contributed by atoms with Crippen molar-refractivity contribution in [2.75, 3.05) is 13.6 Å². The van der Waals surface area contributed by atoms with Crippen LogP contribution < -0.4 is 4.74 Å². The molecule has 0 saturated heterocycles. The first-order chi connectivity index (χ1) is 11.9. The molecular formula is C19H23BrFN3O. The Morgan fingerprint density at radius 2 is 2.16 bits per heavy atom. The fraction of sp³-hybridized carbons (Fsp3) is 0.368. The molecule has 1 heterocycles. The monoisotopic (exact) mass is 407 g/mol. The van der Waals surface area contributed by atoms with Crippen LogP contribution in [0.3, 0.4) is 0 Å². The molecule has 1 aromatic heterocycles. The Morgan fingerprint density at radius 3 is 2.84 bits per heavy atom. The highest BCUT2D eigenvalue weighted by molar-refractivity contribution is 9.10. The molecular weight excluding hydrogens is 385 g/mol. The summed E-state index contributed by atoms with van der Waals surface area (Å²) in [6.07, 6.45) is 0.783. The Bertz CT molecular complexity index is 749. The zero-order valence-electron chi connectivity index (χ0n) is 15.0. The number of halogens is 2. The van der Waals surface area contributed by atoms with Gasteiger partial charge in [0.25, 0.3) is 0 Å². The SMILES string of the molecule is CCN(C)/C=N/c1cc(Br)c(OCc2cccc(C(C)F)c2)nc1C. The van der Waals surface area contributed by atoms with Gasteiger partial charge in [0, 0.05) is 13.6 Å². The first-order valence-corrected chi connectivity index (χ1v) is 8.97. The molecule has 0 aliphatic rings. The van der Waals surface area contributed by atoms with Crippen LogP contribution in [0.15, 0.2) is 39.8 Å². The van der Waals surface area contributed by atoms with Crippen molar-refractivity contribution in [3.63, 3.8) is 0 Å². The molecule has 25 heavy (non-hydrogen) atoms. The Balaban J connectivity index is 2.11. The molecule has 0 fully saturated rings. The molecule has 0 amide bonds. The number of aromatic nitrogens is 1. The molecule has 0 aliphatic carbocycles. The molecule has 6 heteroatoms. The zero-order chi connectivity index (χ0) is 18.4. The Labute approximate surface area is 156 Å². The van der Waals surface area contributed by atoms with E-state index >= 15 is 0 Å². The van der Waals surface area contributed by atoms with Crippen LogP contribution in [-0.4, -0.2) is 29.8 Å². The van der Waals surface area contributed by atoms with Gasteiger partial charge >= 0.3 is 0 Å². The highest BCUT2D eigenvalue weighted by Crippen LogP contribution is 2.30. The second-order valence-corrected chi connectivity index (χ2v) is 6.70. The highest BCUT2D eigenvalue weighted by Gasteiger charge is 2.09. The van der Waals surface area contributed by atoms with Gasteiger partial charge in [0.1, 0.15) is 12.8 Å². The Hall–Kier alpha value is -1.95. The average Bonchev–Trinajstić information content (AvgIpc) is 2.60. The van der Waals surface area contributed by atoms with Gasteiger partial charge in [-0.05, 0) is 60.0 Å². The van der Waals surface area contributed by atoms with Crippen LogP contribution in [0.5, 0.6) is 5.88 Å². The molecule has 4 nitrogen and oxygen atoms in total. The standard InChI is InChI=1S/C19H23BrFN3O/c1-5-24(4)12-22-18-10-17(20)19(23-14(18)3)25-11-15-7-6-8-16(9-15)13(2)21/h6-10,12-13H,5,11H2,1-4H3/b22-12+. The number of hydrogen-bond donors (Lipinski definition) is 0. The van der Waals surface area contributed by atoms with Crippen molar-refractivity contribution < 1.29 is 9.13 Å². The van der Waals surface area contributed by atoms with Gasteiger partial charge in [-0.1, -0.05) is 18.2 Å². The predicted octanol–water partition coefficient (Wildman–Crippen LogP) is 5.37. The molecule has 0 bridgehead atoms. The maximum absolute atomic E-state index is 13.4. The first-order valence-electron chi connectivity index (χ1n) is 8.18. The fourth-order valence-corrected chi connectivity index (χ4v) is 2.53. The second-order valence-electron chi connectivity index (χ2n) is 5.85. The Kier molecular flexibility index (Phi) is 6.93. The number of aryl methyl sites for hydroxylation is 1. The van der Waals surface area contributed by atoms with E-state index in [-0.39, 0.29) is 0 Å². The van der Waals surface area contributed by atoms with Crippen molar-refractivity contribution in [1.82, 2.24) is 9.88 Å². The lowest BCUT2D eigenvalue weighted by atomic mass is 10.1. The predicted molar refractivity (Wildman–Crippen MR) is 103 cm³/mol. The molecule has 0 spiro atoms. The van der Waals surface area contributed by atoms with Gasteiger partial charge in [0.15, 0.2) is 0 Å². The van der Waals surface area contributed by atoms with Crippen LogP contribution in [0, 0.1) is 6.92 Å². The summed E-state index contributed by atoms with van der Waals surface area (Å²) in [6.45, 7) is 6.68. The lowest BCUT2D eigenvalue weighted by Crippen LogP contribution is -2.14. The molecule has 1 aromatic carbocycles. The molecule has 0 radical (unpaired) electrons. The first kappa shape index (κ1) is 19.4. The summed E-state index contributed by atoms with van der Waals surface area (Å²) in [5, 5.41) is 0. The number of alkyl halides is 1. The molecule has 0 aliphatic heterocycles. The van der Waals surface area contributed by atoms with Crippen molar-refractivity contribution in [1.29, 1.82) is 0 Å². The Morgan fingerprint density at radius 1 is 1.40 bits per heavy atom. The summed E-state index contributed by atoms with van der Waals surface area (Å²) in [4.78, 5) is 10.9. The topological polar surface area (TPSA) is 37.7 Å². The van der Waals surface area contributed by atoms with E-state index in [1.807, 2.05) is 43.1 Å². The van der Waals surface area contributed by atoms with Crippen LogP contribution in [0.1, 0.15) is 36.8 Å². The van der Waals surface area contributed by atoms with Gasteiger partial charge in [-0.15, -0.1) is 0 Å². The van der Waals surface area contributed by atoms with Crippen molar-refractivity contribution in [3.05, 3.63) is 51.6 Å². The van der Waals surface area contributed by atoms with Crippen molar-refractivity contribution in [2.24, 2.45) is 4.99 Å². The summed E-state index contributed by atoms with van der Waals surface area (Å²) in [5.41, 5.74) is 3.12. The third kappa shape index (κ3) is 5.53. The van der Waals surface area contributed by atoms with Gasteiger partial charge in [0.05, 0.1) is 22.2 Å². The lowest BCUT2D eigenvalue weighted by molar-refractivity contribution is 0.290. The van der Waals surface area contributed by atoms with E-state index in [0.717, 1.165) is 28.0 Å². The number of aliphatic imine (C=N–C) groups is 1. The largest absolute Gasteiger partial charge is 0.472 e. The average molecular weight is 408 g/mol. The molecule has 0 saturated carbocycles. The van der Waals surface area contributed by atoms with Gasteiger partial charge < -0.3 is 9.64 Å². The number of benzene rings is 1. The summed E-state index contributed by atoms with van der Waals surface area (Å²) < 4.78 is 19.9. The van der Waals surface area contributed by atoms with Crippen LogP contribution in [0.2, 0.25) is 0 Å². The van der Waals surface area contributed by atoms with Gasteiger partial charge in [-0.25, -0.2) is 14.4 Å². The number of ether oxygens (including phenoxy) is 1. The minimum Gasteiger partial charge on any atom is -0.472 e. The summed E-state index contributed by atoms with van der Waals surface area (Å²) in [7, 11) is 1.96. The van der Waals surface area contributed by atoms with Crippen molar-refractivity contribution >= 4 is 28.0 Å². The van der Waals surface area contributed by atoms with Gasteiger partial charge in [-0.2, -0.15) is 0 Å². The van der Waals surface area contributed by atoms with Crippen LogP contribution in [0.25, 0.3) is 0 Å². The number of nitrogens with zero attached hydrogens (tertiary/aromatic N) is 3. The smallest absolute Gasteiger partial charge is 0.228 e. The number of pyridine rings is 1. The van der Waals surface area contributed by atoms with E-state index < -0.39 is 6.17 Å². The van der Waals surface area contributed by atoms with Crippen LogP contribution >= 0.6 is 15.9 Å². The second kappa shape index (κ2) is 8.94. The molecule has 134 valence electrons. The minimum absolute atomic E-state index is 0.326. The highest BCUT2D eigenvalue weighted by atomic mass is 79.9. The van der Waals surface area contributed by atoms with Crippen LogP contribution in [0.4, 0.5) is 10.1 Å². The molecule has 1 atom stereocenters. The maximum Gasteiger partial charge on any atom is 0.228 e. The van der Waals surface area contributed by atoms with E-state index in [0.29, 0.717) is 18.1 Å². The van der Waals surface area contributed by atoms with Gasteiger partial charge in [-0.3, -0.25) is 0 Å². The number of rotatable bonds is 7. The maximum atomic E-state index is 13.4. The number of hydrogen-bond acceptors (Lipinski definition) is 3. The summed E-state index contributed by atoms with van der Waals surface area (Å²) >= 11 is 3.48. The normalized spacial score (nSPS) is 12.4. The van der Waals surface area contributed by atoms with E-state index in [2.05, 4.69) is 32.8 Å². The van der Waals surface area contributed by atoms with E-state index in [4.69, 9.17) is 4.74 Å². The minimum atomic E-state index is -0.995. The zero-order valence-corrected chi connectivity index (χ0v) is 16.5. The third-order valence-corrected chi connectivity index (χ3v) is 4.35. The molecule has 2 rings (SSSR count). The molecule has 1 unspecified atom stereocenters. The van der Waals surface area contributed by atoms with Crippen LogP contribution in [-0.2, 0) is 6.61 Å².